The molecule has 0 saturated carbocycles. The van der Waals surface area contributed by atoms with Gasteiger partial charge in [0.2, 0.25) is 0 Å². The third-order valence-electron chi connectivity index (χ3n) is 3.35. The van der Waals surface area contributed by atoms with Gasteiger partial charge < -0.3 is 19.8 Å². The Morgan fingerprint density at radius 1 is 0.833 bits per heavy atom. The topological polar surface area (TPSA) is 80.3 Å². The Hall–Kier alpha value is -1.85. The minimum atomic E-state index is -1.12. The second kappa shape index (κ2) is 9.44. The first-order chi connectivity index (χ1) is 10.6. The molecule has 0 fully saturated rings. The molecule has 5 heteroatoms. The van der Waals surface area contributed by atoms with Gasteiger partial charge in [-0.2, -0.15) is 0 Å². The molecule has 0 amide bonds. The third-order valence-corrected chi connectivity index (χ3v) is 3.35. The number of carbonyl (C=O) groups is 2. The van der Waals surface area contributed by atoms with E-state index in [9.17, 15) is 19.8 Å². The van der Waals surface area contributed by atoms with Crippen molar-refractivity contribution in [2.45, 2.75) is 33.1 Å². The second-order valence-corrected chi connectivity index (χ2v) is 6.22. The molecule has 122 valence electrons. The maximum Gasteiger partial charge on any atom is 2.00 e. The van der Waals surface area contributed by atoms with Crippen LogP contribution >= 0.6 is 0 Å². The summed E-state index contributed by atoms with van der Waals surface area (Å²) < 4.78 is 0. The van der Waals surface area contributed by atoms with Crippen LogP contribution in [0.4, 0.5) is 0 Å². The van der Waals surface area contributed by atoms with Gasteiger partial charge in [0.1, 0.15) is 0 Å². The van der Waals surface area contributed by atoms with Crippen molar-refractivity contribution in [2.24, 2.45) is 0 Å². The molecule has 0 unspecified atom stereocenters. The molecule has 0 bridgehead atoms. The molecular formula is C19H20MgO4. The van der Waals surface area contributed by atoms with Crippen LogP contribution in [0.15, 0.2) is 48.5 Å². The Kier molecular flexibility index (Phi) is 8.71. The largest absolute Gasteiger partial charge is 2.00 e. The predicted molar refractivity (Wildman–Crippen MR) is 90.7 cm³/mol. The molecule has 2 aromatic rings. The van der Waals surface area contributed by atoms with Gasteiger partial charge in [-0.1, -0.05) is 69.3 Å². The number of carboxylic acid groups (broad SMARTS) is 2. The number of rotatable bonds is 2. The van der Waals surface area contributed by atoms with Crippen LogP contribution in [0.25, 0.3) is 0 Å². The zero-order chi connectivity index (χ0) is 17.6. The van der Waals surface area contributed by atoms with Crippen molar-refractivity contribution in [1.82, 2.24) is 0 Å². The van der Waals surface area contributed by atoms with Crippen LogP contribution in [0.3, 0.4) is 0 Å². The number of carboxylic acids is 2. The van der Waals surface area contributed by atoms with Gasteiger partial charge in [-0.3, -0.25) is 0 Å². The van der Waals surface area contributed by atoms with Crippen molar-refractivity contribution in [1.29, 1.82) is 0 Å². The number of benzene rings is 2. The van der Waals surface area contributed by atoms with Crippen LogP contribution in [0.5, 0.6) is 0 Å². The minimum Gasteiger partial charge on any atom is -0.545 e. The fourth-order valence-corrected chi connectivity index (χ4v) is 1.91. The molecule has 0 atom stereocenters. The number of aromatic carboxylic acids is 2. The van der Waals surface area contributed by atoms with Gasteiger partial charge >= 0.3 is 23.1 Å². The van der Waals surface area contributed by atoms with E-state index in [0.29, 0.717) is 0 Å². The molecule has 24 heavy (non-hydrogen) atoms. The summed E-state index contributed by atoms with van der Waals surface area (Å²) in [4.78, 5) is 20.8. The van der Waals surface area contributed by atoms with E-state index in [2.05, 4.69) is 20.8 Å². The van der Waals surface area contributed by atoms with Crippen LogP contribution in [0.1, 0.15) is 52.6 Å². The Morgan fingerprint density at radius 2 is 1.33 bits per heavy atom. The van der Waals surface area contributed by atoms with Gasteiger partial charge in [-0.05, 0) is 29.0 Å². The van der Waals surface area contributed by atoms with Crippen molar-refractivity contribution >= 4 is 35.0 Å². The standard InChI is InChI=1S/C11H14O2.C8H8O2.Mg/c1-11(2,3)9-6-4-8(5-7-9)10(12)13;1-6-4-2-3-5-7(6)8(9)10;/h4-7H,1-3H3,(H,12,13);2-5H,1H3,(H,9,10);/q;;+2/p-2. The molecule has 0 aliphatic carbocycles. The SMILES string of the molecule is CC(C)(C)c1ccc(C(=O)[O-])cc1.Cc1ccccc1C(=O)[O-].[Mg+2]. The fourth-order valence-electron chi connectivity index (χ4n) is 1.91. The van der Waals surface area contributed by atoms with Crippen molar-refractivity contribution in [3.63, 3.8) is 0 Å². The molecule has 0 aromatic heterocycles. The van der Waals surface area contributed by atoms with E-state index < -0.39 is 11.9 Å². The molecular weight excluding hydrogens is 317 g/mol. The monoisotopic (exact) mass is 336 g/mol. The average Bonchev–Trinajstić information content (AvgIpc) is 2.47. The Labute approximate surface area is 158 Å². The van der Waals surface area contributed by atoms with Crippen LogP contribution in [-0.2, 0) is 5.41 Å². The van der Waals surface area contributed by atoms with Crippen molar-refractivity contribution in [2.75, 3.05) is 0 Å². The molecule has 0 spiro atoms. The predicted octanol–water partition coefficient (Wildman–Crippen LogP) is 1.33. The molecule has 0 N–H and O–H groups in total. The van der Waals surface area contributed by atoms with E-state index in [1.54, 1.807) is 37.3 Å². The van der Waals surface area contributed by atoms with Crippen LogP contribution in [0.2, 0.25) is 0 Å². The summed E-state index contributed by atoms with van der Waals surface area (Å²) >= 11 is 0. The first-order valence-electron chi connectivity index (χ1n) is 7.22. The smallest absolute Gasteiger partial charge is 0.545 e. The maximum absolute atomic E-state index is 10.5. The van der Waals surface area contributed by atoms with Crippen LogP contribution < -0.4 is 10.2 Å². The Balaban J connectivity index is 0.000000436. The van der Waals surface area contributed by atoms with Gasteiger partial charge in [-0.15, -0.1) is 0 Å². The van der Waals surface area contributed by atoms with E-state index in [-0.39, 0.29) is 39.6 Å². The zero-order valence-corrected chi connectivity index (χ0v) is 15.9. The summed E-state index contributed by atoms with van der Waals surface area (Å²) in [6.07, 6.45) is 0. The average molecular weight is 337 g/mol. The van der Waals surface area contributed by atoms with Gasteiger partial charge in [0.15, 0.2) is 0 Å². The summed E-state index contributed by atoms with van der Waals surface area (Å²) in [5, 5.41) is 20.8. The van der Waals surface area contributed by atoms with Gasteiger partial charge in [0, 0.05) is 5.56 Å². The van der Waals surface area contributed by atoms with Crippen molar-refractivity contribution in [3.8, 4) is 0 Å². The maximum atomic E-state index is 10.5. The molecule has 0 aliphatic rings. The van der Waals surface area contributed by atoms with Crippen molar-refractivity contribution < 1.29 is 19.8 Å². The first-order valence-corrected chi connectivity index (χ1v) is 7.22. The minimum absolute atomic E-state index is 0. The molecule has 0 heterocycles. The second-order valence-electron chi connectivity index (χ2n) is 6.22. The van der Waals surface area contributed by atoms with Crippen molar-refractivity contribution in [3.05, 3.63) is 70.8 Å². The summed E-state index contributed by atoms with van der Waals surface area (Å²) in [6.45, 7) is 7.99. The number of carbonyl (C=O) groups excluding carboxylic acids is 2. The van der Waals surface area contributed by atoms with E-state index in [0.717, 1.165) is 11.1 Å². The van der Waals surface area contributed by atoms with Gasteiger partial charge in [0.25, 0.3) is 0 Å². The van der Waals surface area contributed by atoms with Gasteiger partial charge in [0.05, 0.1) is 11.9 Å². The van der Waals surface area contributed by atoms with Crippen LogP contribution in [0, 0.1) is 6.92 Å². The van der Waals surface area contributed by atoms with E-state index in [1.807, 2.05) is 12.1 Å². The summed E-state index contributed by atoms with van der Waals surface area (Å²) in [5.41, 5.74) is 2.42. The van der Waals surface area contributed by atoms with Gasteiger partial charge in [-0.25, -0.2) is 0 Å². The Morgan fingerprint density at radius 3 is 1.67 bits per heavy atom. The van der Waals surface area contributed by atoms with E-state index in [1.165, 1.54) is 6.07 Å². The first kappa shape index (κ1) is 22.1. The normalized spacial score (nSPS) is 10.0. The molecule has 0 radical (unpaired) electrons. The molecule has 4 nitrogen and oxygen atoms in total. The zero-order valence-electron chi connectivity index (χ0n) is 14.5. The quantitative estimate of drug-likeness (QED) is 0.775. The third kappa shape index (κ3) is 6.72. The Bertz CT molecular complexity index is 685. The summed E-state index contributed by atoms with van der Waals surface area (Å²) in [7, 11) is 0. The molecule has 0 saturated heterocycles. The van der Waals surface area contributed by atoms with E-state index >= 15 is 0 Å². The number of hydrogen-bond acceptors (Lipinski definition) is 4. The number of hydrogen-bond donors (Lipinski definition) is 0. The summed E-state index contributed by atoms with van der Waals surface area (Å²) in [5.74, 6) is -2.24. The molecule has 0 aliphatic heterocycles. The van der Waals surface area contributed by atoms with E-state index in [4.69, 9.17) is 0 Å². The number of aryl methyl sites for hydroxylation is 1. The summed E-state index contributed by atoms with van der Waals surface area (Å²) in [6, 6.07) is 13.6. The molecule has 2 rings (SSSR count). The molecule has 2 aromatic carbocycles. The fraction of sp³-hybridized carbons (Fsp3) is 0.263. The van der Waals surface area contributed by atoms with Crippen LogP contribution in [-0.4, -0.2) is 35.0 Å².